The molecule has 34 heavy (non-hydrogen) atoms. The van der Waals surface area contributed by atoms with Crippen molar-refractivity contribution in [3.63, 3.8) is 0 Å². The Morgan fingerprint density at radius 1 is 1.18 bits per heavy atom. The summed E-state index contributed by atoms with van der Waals surface area (Å²) in [5, 5.41) is 12.6. The summed E-state index contributed by atoms with van der Waals surface area (Å²) in [7, 11) is 0. The summed E-state index contributed by atoms with van der Waals surface area (Å²) in [5.74, 6) is -4.07. The normalized spacial score (nSPS) is 20.3. The van der Waals surface area contributed by atoms with Gasteiger partial charge in [-0.3, -0.25) is 9.78 Å². The van der Waals surface area contributed by atoms with E-state index in [4.69, 9.17) is 17.3 Å². The standard InChI is InChI=1S/C23H21ClF3N5O2/c1-11-9-32(10-16(28)22(11)33)19-4-5-29-8-18(19)31-23(34)17-3-2-13(25)21(30-17)20-14(26)6-12(24)7-15(20)27/h2-8,11,16,22,33H,9-10,28H2,1H3,(H,31,34)/t11-,16+,22+/m0/s1. The van der Waals surface area contributed by atoms with Crippen molar-refractivity contribution in [1.29, 1.82) is 0 Å². The van der Waals surface area contributed by atoms with Gasteiger partial charge in [-0.25, -0.2) is 18.2 Å². The number of aliphatic hydroxyl groups excluding tert-OH is 1. The number of nitrogens with one attached hydrogen (secondary N) is 1. The van der Waals surface area contributed by atoms with Crippen LogP contribution in [0.2, 0.25) is 5.02 Å². The van der Waals surface area contributed by atoms with Gasteiger partial charge in [-0.15, -0.1) is 0 Å². The molecular formula is C23H21ClF3N5O2. The number of piperidine rings is 1. The van der Waals surface area contributed by atoms with Crippen molar-refractivity contribution in [2.75, 3.05) is 23.3 Å². The lowest BCUT2D eigenvalue weighted by atomic mass is 9.92. The first-order valence-electron chi connectivity index (χ1n) is 10.4. The Balaban J connectivity index is 1.64. The van der Waals surface area contributed by atoms with Gasteiger partial charge in [0.05, 0.1) is 29.2 Å². The van der Waals surface area contributed by atoms with E-state index in [1.54, 1.807) is 12.3 Å². The third kappa shape index (κ3) is 4.70. The number of hydrogen-bond acceptors (Lipinski definition) is 6. The van der Waals surface area contributed by atoms with Crippen LogP contribution < -0.4 is 16.0 Å². The van der Waals surface area contributed by atoms with Gasteiger partial charge in [0.25, 0.3) is 5.91 Å². The molecule has 3 atom stereocenters. The zero-order valence-corrected chi connectivity index (χ0v) is 18.7. The maximum absolute atomic E-state index is 14.4. The zero-order chi connectivity index (χ0) is 24.6. The quantitative estimate of drug-likeness (QED) is 0.515. The number of nitrogens with two attached hydrogens (primary N) is 1. The van der Waals surface area contributed by atoms with E-state index in [-0.39, 0.29) is 16.6 Å². The Kier molecular flexibility index (Phi) is 6.74. The molecule has 0 saturated carbocycles. The zero-order valence-electron chi connectivity index (χ0n) is 18.0. The van der Waals surface area contributed by atoms with Gasteiger partial charge in [0, 0.05) is 36.3 Å². The second-order valence-electron chi connectivity index (χ2n) is 8.16. The molecule has 1 amide bonds. The predicted molar refractivity (Wildman–Crippen MR) is 122 cm³/mol. The summed E-state index contributed by atoms with van der Waals surface area (Å²) >= 11 is 5.64. The molecule has 3 aromatic rings. The number of amides is 1. The first-order chi connectivity index (χ1) is 16.2. The maximum Gasteiger partial charge on any atom is 0.274 e. The Hall–Kier alpha value is -3.21. The van der Waals surface area contributed by atoms with Crippen LogP contribution in [0.15, 0.2) is 42.7 Å². The number of aromatic nitrogens is 2. The molecule has 0 unspecified atom stereocenters. The van der Waals surface area contributed by atoms with Gasteiger partial charge in [-0.2, -0.15) is 0 Å². The molecule has 1 saturated heterocycles. The van der Waals surface area contributed by atoms with E-state index in [1.165, 1.54) is 6.20 Å². The Bertz CT molecular complexity index is 1210. The van der Waals surface area contributed by atoms with E-state index >= 15 is 0 Å². The molecule has 0 radical (unpaired) electrons. The molecule has 4 rings (SSSR count). The number of carbonyl (C=O) groups is 1. The van der Waals surface area contributed by atoms with Gasteiger partial charge in [0.2, 0.25) is 0 Å². The lowest BCUT2D eigenvalue weighted by Crippen LogP contribution is -2.55. The molecule has 11 heteroatoms. The average molecular weight is 492 g/mol. The predicted octanol–water partition coefficient (Wildman–Crippen LogP) is 3.61. The minimum absolute atomic E-state index is 0.106. The average Bonchev–Trinajstić information content (AvgIpc) is 2.78. The fourth-order valence-electron chi connectivity index (χ4n) is 3.97. The number of nitrogens with zero attached hydrogens (tertiary/aromatic N) is 3. The number of aliphatic hydroxyl groups is 1. The van der Waals surface area contributed by atoms with Gasteiger partial charge in [0.15, 0.2) is 0 Å². The summed E-state index contributed by atoms with van der Waals surface area (Å²) in [5.41, 5.74) is 5.35. The van der Waals surface area contributed by atoms with E-state index < -0.39 is 46.8 Å². The first-order valence-corrected chi connectivity index (χ1v) is 10.8. The summed E-state index contributed by atoms with van der Waals surface area (Å²) < 4.78 is 43.1. The summed E-state index contributed by atoms with van der Waals surface area (Å²) in [6.45, 7) is 2.72. The highest BCUT2D eigenvalue weighted by Crippen LogP contribution is 2.31. The maximum atomic E-state index is 14.4. The molecule has 4 N–H and O–H groups in total. The Morgan fingerprint density at radius 2 is 1.88 bits per heavy atom. The topological polar surface area (TPSA) is 104 Å². The fraction of sp³-hybridized carbons (Fsp3) is 0.261. The van der Waals surface area contributed by atoms with Crippen molar-refractivity contribution >= 4 is 28.9 Å². The number of carbonyl (C=O) groups excluding carboxylic acids is 1. The van der Waals surface area contributed by atoms with E-state index in [1.807, 2.05) is 11.8 Å². The lowest BCUT2D eigenvalue weighted by molar-refractivity contribution is 0.0785. The third-order valence-electron chi connectivity index (χ3n) is 5.67. The van der Waals surface area contributed by atoms with Crippen LogP contribution in [0.25, 0.3) is 11.3 Å². The van der Waals surface area contributed by atoms with E-state index in [0.717, 1.165) is 24.3 Å². The molecule has 1 aliphatic rings. The lowest BCUT2D eigenvalue weighted by Gasteiger charge is -2.40. The smallest absolute Gasteiger partial charge is 0.274 e. The van der Waals surface area contributed by atoms with Crippen LogP contribution in [0, 0.1) is 23.4 Å². The largest absolute Gasteiger partial charge is 0.391 e. The molecule has 2 aromatic heterocycles. The highest BCUT2D eigenvalue weighted by molar-refractivity contribution is 6.30. The second-order valence-corrected chi connectivity index (χ2v) is 8.59. The van der Waals surface area contributed by atoms with Gasteiger partial charge >= 0.3 is 0 Å². The second kappa shape index (κ2) is 9.57. The van der Waals surface area contributed by atoms with Crippen LogP contribution in [-0.2, 0) is 0 Å². The molecule has 178 valence electrons. The van der Waals surface area contributed by atoms with Crippen molar-refractivity contribution in [3.05, 3.63) is 70.9 Å². The Labute approximate surface area is 198 Å². The van der Waals surface area contributed by atoms with Gasteiger partial charge in [-0.05, 0) is 30.3 Å². The molecule has 0 spiro atoms. The fourth-order valence-corrected chi connectivity index (χ4v) is 4.16. The van der Waals surface area contributed by atoms with Gasteiger partial charge < -0.3 is 21.1 Å². The first kappa shape index (κ1) is 23.9. The van der Waals surface area contributed by atoms with Gasteiger partial charge in [0.1, 0.15) is 28.8 Å². The van der Waals surface area contributed by atoms with Crippen LogP contribution in [-0.4, -0.2) is 46.2 Å². The monoisotopic (exact) mass is 491 g/mol. The number of pyridine rings is 2. The summed E-state index contributed by atoms with van der Waals surface area (Å²) in [6.07, 6.45) is 2.33. The van der Waals surface area contributed by atoms with Crippen LogP contribution in [0.4, 0.5) is 24.5 Å². The molecule has 0 bridgehead atoms. The molecule has 1 aromatic carbocycles. The number of benzene rings is 1. The van der Waals surface area contributed by atoms with E-state index in [2.05, 4.69) is 15.3 Å². The van der Waals surface area contributed by atoms with Crippen LogP contribution >= 0.6 is 11.6 Å². The van der Waals surface area contributed by atoms with Crippen LogP contribution in [0.5, 0.6) is 0 Å². The highest BCUT2D eigenvalue weighted by atomic mass is 35.5. The van der Waals surface area contributed by atoms with Crippen molar-refractivity contribution in [1.82, 2.24) is 9.97 Å². The Morgan fingerprint density at radius 3 is 2.56 bits per heavy atom. The van der Waals surface area contributed by atoms with Crippen molar-refractivity contribution in [3.8, 4) is 11.3 Å². The molecule has 3 heterocycles. The third-order valence-corrected chi connectivity index (χ3v) is 5.89. The van der Waals surface area contributed by atoms with Crippen LogP contribution in [0.1, 0.15) is 17.4 Å². The van der Waals surface area contributed by atoms with Crippen molar-refractivity contribution in [2.24, 2.45) is 11.7 Å². The number of halogens is 4. The summed E-state index contributed by atoms with van der Waals surface area (Å²) in [4.78, 5) is 22.8. The minimum atomic E-state index is -1.11. The molecule has 1 fully saturated rings. The number of anilines is 2. The highest BCUT2D eigenvalue weighted by Gasteiger charge is 2.32. The molecular weight excluding hydrogens is 471 g/mol. The van der Waals surface area contributed by atoms with E-state index in [9.17, 15) is 23.1 Å². The number of rotatable bonds is 4. The van der Waals surface area contributed by atoms with E-state index in [0.29, 0.717) is 24.5 Å². The molecule has 1 aliphatic heterocycles. The number of hydrogen-bond donors (Lipinski definition) is 3. The van der Waals surface area contributed by atoms with Crippen LogP contribution in [0.3, 0.4) is 0 Å². The summed E-state index contributed by atoms with van der Waals surface area (Å²) in [6, 6.07) is 4.88. The van der Waals surface area contributed by atoms with Crippen molar-refractivity contribution < 1.29 is 23.1 Å². The van der Waals surface area contributed by atoms with Crippen molar-refractivity contribution in [2.45, 2.75) is 19.1 Å². The minimum Gasteiger partial charge on any atom is -0.391 e. The SMILES string of the molecule is C[C@H]1CN(c2ccncc2NC(=O)c2ccc(F)c(-c3c(F)cc(Cl)cc3F)n2)C[C@@H](N)[C@@H]1O. The molecule has 0 aliphatic carbocycles. The molecule has 7 nitrogen and oxygen atoms in total. The van der Waals surface area contributed by atoms with Gasteiger partial charge in [-0.1, -0.05) is 18.5 Å².